The van der Waals surface area contributed by atoms with Gasteiger partial charge in [-0.25, -0.2) is 0 Å². The topological polar surface area (TPSA) is 58.3 Å². The van der Waals surface area contributed by atoms with Gasteiger partial charge >= 0.3 is 0 Å². The lowest BCUT2D eigenvalue weighted by Gasteiger charge is -2.19. The van der Waals surface area contributed by atoms with Crippen molar-refractivity contribution in [3.8, 4) is 5.88 Å². The van der Waals surface area contributed by atoms with Crippen LogP contribution in [0.15, 0.2) is 4.52 Å². The van der Waals surface area contributed by atoms with Crippen molar-refractivity contribution in [1.82, 2.24) is 10.5 Å². The molecule has 0 aromatic carbocycles. The summed E-state index contributed by atoms with van der Waals surface area (Å²) >= 11 is 0. The van der Waals surface area contributed by atoms with E-state index in [1.165, 1.54) is 0 Å². The number of rotatable bonds is 1. The van der Waals surface area contributed by atoms with E-state index in [0.717, 1.165) is 30.6 Å². The van der Waals surface area contributed by atoms with E-state index in [2.05, 4.69) is 10.5 Å². The molecule has 4 nitrogen and oxygen atoms in total. The van der Waals surface area contributed by atoms with Crippen LogP contribution in [-0.2, 0) is 6.42 Å². The molecule has 4 heteroatoms. The van der Waals surface area contributed by atoms with Crippen LogP contribution in [0.5, 0.6) is 5.88 Å². The van der Waals surface area contributed by atoms with Gasteiger partial charge in [0.2, 0.25) is 0 Å². The Bertz CT molecular complexity index is 283. The Morgan fingerprint density at radius 3 is 3.25 bits per heavy atom. The van der Waals surface area contributed by atoms with Crippen molar-refractivity contribution in [2.24, 2.45) is 0 Å². The Kier molecular flexibility index (Phi) is 1.77. The van der Waals surface area contributed by atoms with Gasteiger partial charge < -0.3 is 14.9 Å². The highest BCUT2D eigenvalue weighted by Crippen LogP contribution is 2.34. The van der Waals surface area contributed by atoms with Gasteiger partial charge in [0.1, 0.15) is 5.76 Å². The Balaban J connectivity index is 2.41. The van der Waals surface area contributed by atoms with E-state index in [0.29, 0.717) is 0 Å². The maximum absolute atomic E-state index is 9.35. The summed E-state index contributed by atoms with van der Waals surface area (Å²) in [5, 5.41) is 16.0. The predicted octanol–water partition coefficient (Wildman–Crippen LogP) is 0.977. The van der Waals surface area contributed by atoms with Gasteiger partial charge in [-0.2, -0.15) is 0 Å². The summed E-state index contributed by atoms with van der Waals surface area (Å²) < 4.78 is 4.98. The molecule has 2 N–H and O–H groups in total. The van der Waals surface area contributed by atoms with E-state index in [4.69, 9.17) is 4.52 Å². The molecule has 1 aliphatic rings. The zero-order valence-corrected chi connectivity index (χ0v) is 7.00. The predicted molar refractivity (Wildman–Crippen MR) is 42.9 cm³/mol. The van der Waals surface area contributed by atoms with Crippen LogP contribution in [0.25, 0.3) is 0 Å². The molecule has 12 heavy (non-hydrogen) atoms. The molecule has 0 radical (unpaired) electrons. The fourth-order valence-corrected chi connectivity index (χ4v) is 1.75. The second kappa shape index (κ2) is 2.79. The third-order valence-corrected chi connectivity index (χ3v) is 2.38. The van der Waals surface area contributed by atoms with Crippen molar-refractivity contribution >= 4 is 0 Å². The second-order valence-corrected chi connectivity index (χ2v) is 3.08. The average molecular weight is 168 g/mol. The van der Waals surface area contributed by atoms with Gasteiger partial charge in [0.25, 0.3) is 5.88 Å². The van der Waals surface area contributed by atoms with E-state index in [1.807, 2.05) is 7.05 Å². The van der Waals surface area contributed by atoms with E-state index in [1.54, 1.807) is 0 Å². The molecule has 0 amide bonds. The van der Waals surface area contributed by atoms with Crippen LogP contribution in [0, 0.1) is 0 Å². The maximum Gasteiger partial charge on any atom is 0.256 e. The summed E-state index contributed by atoms with van der Waals surface area (Å²) in [6.45, 7) is 0. The van der Waals surface area contributed by atoms with Crippen molar-refractivity contribution < 1.29 is 9.63 Å². The highest BCUT2D eigenvalue weighted by molar-refractivity contribution is 5.32. The van der Waals surface area contributed by atoms with Crippen LogP contribution in [0.2, 0.25) is 0 Å². The second-order valence-electron chi connectivity index (χ2n) is 3.08. The molecule has 1 heterocycles. The molecule has 0 bridgehead atoms. The first-order chi connectivity index (χ1) is 5.83. The van der Waals surface area contributed by atoms with Crippen LogP contribution >= 0.6 is 0 Å². The zero-order chi connectivity index (χ0) is 8.55. The summed E-state index contributed by atoms with van der Waals surface area (Å²) in [6, 6.07) is 0.208. The molecular formula is C8H12N2O2. The van der Waals surface area contributed by atoms with Gasteiger partial charge in [-0.3, -0.25) is 0 Å². The molecule has 0 saturated carbocycles. The molecule has 1 atom stereocenters. The Morgan fingerprint density at radius 1 is 1.67 bits per heavy atom. The smallest absolute Gasteiger partial charge is 0.256 e. The summed E-state index contributed by atoms with van der Waals surface area (Å²) in [4.78, 5) is 0. The third kappa shape index (κ3) is 0.992. The fourth-order valence-electron chi connectivity index (χ4n) is 1.75. The molecule has 1 aliphatic carbocycles. The fraction of sp³-hybridized carbons (Fsp3) is 0.625. The molecule has 0 saturated heterocycles. The minimum atomic E-state index is 0.0454. The van der Waals surface area contributed by atoms with Crippen LogP contribution in [-0.4, -0.2) is 17.3 Å². The van der Waals surface area contributed by atoms with E-state index >= 15 is 0 Å². The molecule has 1 unspecified atom stereocenters. The Hall–Kier alpha value is -1.03. The molecule has 1 aromatic rings. The SMILES string of the molecule is CNC1CCCc2onc(O)c21. The lowest BCUT2D eigenvalue weighted by molar-refractivity contribution is 0.337. The number of aromatic nitrogens is 1. The summed E-state index contributed by atoms with van der Waals surface area (Å²) in [5.74, 6) is 0.877. The van der Waals surface area contributed by atoms with Crippen LogP contribution < -0.4 is 5.32 Å². The van der Waals surface area contributed by atoms with E-state index < -0.39 is 0 Å². The molecule has 0 spiro atoms. The number of hydrogen-bond donors (Lipinski definition) is 2. The summed E-state index contributed by atoms with van der Waals surface area (Å²) in [6.07, 6.45) is 3.02. The molecule has 1 aromatic heterocycles. The van der Waals surface area contributed by atoms with Crippen molar-refractivity contribution in [2.75, 3.05) is 7.05 Å². The van der Waals surface area contributed by atoms with Gasteiger partial charge in [-0.15, -0.1) is 0 Å². The normalized spacial score (nSPS) is 22.2. The van der Waals surface area contributed by atoms with Gasteiger partial charge in [-0.1, -0.05) is 0 Å². The number of hydrogen-bond acceptors (Lipinski definition) is 4. The number of aromatic hydroxyl groups is 1. The first-order valence-electron chi connectivity index (χ1n) is 4.17. The molecule has 66 valence electrons. The largest absolute Gasteiger partial charge is 0.491 e. The molecular weight excluding hydrogens is 156 g/mol. The van der Waals surface area contributed by atoms with Crippen molar-refractivity contribution in [3.63, 3.8) is 0 Å². The van der Waals surface area contributed by atoms with E-state index in [9.17, 15) is 5.11 Å². The van der Waals surface area contributed by atoms with Gasteiger partial charge in [0.15, 0.2) is 0 Å². The number of nitrogens with one attached hydrogen (secondary N) is 1. The van der Waals surface area contributed by atoms with Gasteiger partial charge in [0, 0.05) is 12.5 Å². The van der Waals surface area contributed by atoms with E-state index in [-0.39, 0.29) is 11.9 Å². The number of fused-ring (bicyclic) bond motifs is 1. The molecule has 2 rings (SSSR count). The highest BCUT2D eigenvalue weighted by Gasteiger charge is 2.26. The zero-order valence-electron chi connectivity index (χ0n) is 7.00. The van der Waals surface area contributed by atoms with Crippen LogP contribution in [0.4, 0.5) is 0 Å². The third-order valence-electron chi connectivity index (χ3n) is 2.38. The number of nitrogens with zero attached hydrogens (tertiary/aromatic N) is 1. The average Bonchev–Trinajstić information content (AvgIpc) is 2.48. The molecule has 0 fully saturated rings. The van der Waals surface area contributed by atoms with Crippen molar-refractivity contribution in [2.45, 2.75) is 25.3 Å². The Morgan fingerprint density at radius 2 is 2.50 bits per heavy atom. The van der Waals surface area contributed by atoms with Crippen molar-refractivity contribution in [1.29, 1.82) is 0 Å². The molecule has 0 aliphatic heterocycles. The van der Waals surface area contributed by atoms with Crippen LogP contribution in [0.3, 0.4) is 0 Å². The number of aryl methyl sites for hydroxylation is 1. The standard InChI is InChI=1S/C8H12N2O2/c1-9-5-3-2-4-6-7(5)8(11)10-12-6/h5,9H,2-4H2,1H3,(H,10,11). The maximum atomic E-state index is 9.35. The Labute approximate surface area is 70.6 Å². The highest BCUT2D eigenvalue weighted by atomic mass is 16.5. The quantitative estimate of drug-likeness (QED) is 0.656. The first kappa shape index (κ1) is 7.61. The first-order valence-corrected chi connectivity index (χ1v) is 4.17. The summed E-state index contributed by atoms with van der Waals surface area (Å²) in [7, 11) is 1.88. The lowest BCUT2D eigenvalue weighted by Crippen LogP contribution is -2.20. The van der Waals surface area contributed by atoms with Crippen LogP contribution in [0.1, 0.15) is 30.2 Å². The lowest BCUT2D eigenvalue weighted by atomic mass is 9.93. The van der Waals surface area contributed by atoms with Gasteiger partial charge in [-0.05, 0) is 25.0 Å². The monoisotopic (exact) mass is 168 g/mol. The van der Waals surface area contributed by atoms with Crippen molar-refractivity contribution in [3.05, 3.63) is 11.3 Å². The van der Waals surface area contributed by atoms with Gasteiger partial charge in [0.05, 0.1) is 5.56 Å². The summed E-state index contributed by atoms with van der Waals surface area (Å²) in [5.41, 5.74) is 0.851. The minimum Gasteiger partial charge on any atom is -0.491 e. The minimum absolute atomic E-state index is 0.0454.